The van der Waals surface area contributed by atoms with Gasteiger partial charge in [0.1, 0.15) is 6.10 Å². The van der Waals surface area contributed by atoms with Crippen molar-refractivity contribution < 1.29 is 19.4 Å². The van der Waals surface area contributed by atoms with Crippen LogP contribution < -0.4 is 20.3 Å². The molecule has 0 aliphatic heterocycles. The molecule has 42 heavy (non-hydrogen) atoms. The fourth-order valence-electron chi connectivity index (χ4n) is 4.62. The molecule has 230 valence electrons. The fraction of sp³-hybridized carbons (Fsp3) is 0.455. The Morgan fingerprint density at radius 1 is 1.12 bits per heavy atom. The van der Waals surface area contributed by atoms with Gasteiger partial charge in [-0.05, 0) is 48.1 Å². The predicted octanol–water partition coefficient (Wildman–Crippen LogP) is 4.85. The Bertz CT molecular complexity index is 1170. The summed E-state index contributed by atoms with van der Waals surface area (Å²) in [4.78, 5) is 26.6. The van der Waals surface area contributed by atoms with Crippen LogP contribution in [0.3, 0.4) is 0 Å². The number of aliphatic hydroxyl groups is 1. The number of allylic oxidation sites excluding steroid dienone is 1. The first-order chi connectivity index (χ1) is 20.0. The molecule has 0 saturated carbocycles. The molecule has 0 spiro atoms. The number of carbonyl (C=O) groups excluding carboxylic acids is 2. The topological polar surface area (TPSA) is 103 Å². The quantitative estimate of drug-likeness (QED) is 0.144. The lowest BCUT2D eigenvalue weighted by Gasteiger charge is -2.29. The average Bonchev–Trinajstić information content (AvgIpc) is 2.99. The Kier molecular flexibility index (Phi) is 14.7. The second-order valence-corrected chi connectivity index (χ2v) is 11.6. The lowest BCUT2D eigenvalue weighted by molar-refractivity contribution is -0.134. The van der Waals surface area contributed by atoms with Crippen LogP contribution in [-0.2, 0) is 22.5 Å². The molecular formula is C33H48N4O4S. The molecule has 2 unspecified atom stereocenters. The number of nitrogens with zero attached hydrogens (tertiary/aromatic N) is 1. The summed E-state index contributed by atoms with van der Waals surface area (Å²) < 4.78 is 7.48. The van der Waals surface area contributed by atoms with Crippen LogP contribution in [0, 0.1) is 5.92 Å². The van der Waals surface area contributed by atoms with Crippen molar-refractivity contribution in [2.45, 2.75) is 70.9 Å². The van der Waals surface area contributed by atoms with Crippen molar-refractivity contribution in [1.29, 1.82) is 0 Å². The molecule has 0 fully saturated rings. The second-order valence-electron chi connectivity index (χ2n) is 10.7. The highest BCUT2D eigenvalue weighted by molar-refractivity contribution is 7.99. The molecule has 2 aromatic rings. The monoisotopic (exact) mass is 596 g/mol. The van der Waals surface area contributed by atoms with Crippen molar-refractivity contribution in [2.24, 2.45) is 5.92 Å². The van der Waals surface area contributed by atoms with Crippen LogP contribution >= 0.6 is 11.9 Å². The van der Waals surface area contributed by atoms with Gasteiger partial charge in [0.05, 0.1) is 18.2 Å². The first kappa shape index (κ1) is 34.9. The van der Waals surface area contributed by atoms with E-state index in [0.29, 0.717) is 30.6 Å². The number of amides is 2. The molecule has 0 aliphatic rings. The minimum absolute atomic E-state index is 0.0207. The second kappa shape index (κ2) is 17.6. The molecule has 2 aromatic carbocycles. The van der Waals surface area contributed by atoms with Gasteiger partial charge in [-0.15, -0.1) is 6.58 Å². The van der Waals surface area contributed by atoms with E-state index in [1.807, 2.05) is 86.9 Å². The molecule has 9 heteroatoms. The highest BCUT2D eigenvalue weighted by Gasteiger charge is 2.30. The van der Waals surface area contributed by atoms with Gasteiger partial charge in [0.25, 0.3) is 5.91 Å². The van der Waals surface area contributed by atoms with Gasteiger partial charge in [-0.2, -0.15) is 0 Å². The Labute approximate surface area is 256 Å². The van der Waals surface area contributed by atoms with Gasteiger partial charge < -0.3 is 30.1 Å². The van der Waals surface area contributed by atoms with E-state index in [0.717, 1.165) is 16.8 Å². The van der Waals surface area contributed by atoms with E-state index >= 15 is 0 Å². The number of rotatable bonds is 18. The standard InChI is InChI=1S/C33H48N4O4S/c1-9-14-25-17-26(19-27(18-25)37(6)42-8)32(39)35-28(10-2)29(38)20-30(41-7)33(40)36-31(22(3)4)23(5)34-21-24-15-12-11-13-16-24/h9,11-13,15-19,22,28-31,34,38H,1,5,10,14,20-21H2,2-4,6-8H3,(H,35,39)(H,36,40)/t28-,29?,30?,31-/m0/s1. The minimum Gasteiger partial charge on any atom is -0.391 e. The summed E-state index contributed by atoms with van der Waals surface area (Å²) in [5, 5.41) is 20.4. The van der Waals surface area contributed by atoms with Crippen LogP contribution in [0.2, 0.25) is 0 Å². The van der Waals surface area contributed by atoms with E-state index in [9.17, 15) is 14.7 Å². The normalized spacial score (nSPS) is 13.9. The van der Waals surface area contributed by atoms with Gasteiger partial charge in [0, 0.05) is 50.3 Å². The Hall–Kier alpha value is -3.27. The van der Waals surface area contributed by atoms with E-state index in [1.165, 1.54) is 7.11 Å². The van der Waals surface area contributed by atoms with E-state index in [4.69, 9.17) is 4.74 Å². The molecule has 0 saturated heterocycles. The van der Waals surface area contributed by atoms with Gasteiger partial charge in [-0.1, -0.05) is 75.7 Å². The van der Waals surface area contributed by atoms with Crippen LogP contribution in [-0.4, -0.2) is 61.6 Å². The lowest BCUT2D eigenvalue weighted by Crippen LogP contribution is -2.50. The Morgan fingerprint density at radius 2 is 1.81 bits per heavy atom. The summed E-state index contributed by atoms with van der Waals surface area (Å²) in [7, 11) is 3.38. The van der Waals surface area contributed by atoms with Crippen LogP contribution in [0.15, 0.2) is 73.5 Å². The number of methoxy groups -OCH3 is 1. The summed E-state index contributed by atoms with van der Waals surface area (Å²) in [6.45, 7) is 14.5. The SMILES string of the molecule is C=CCc1cc(C(=O)N[C@@H](CC)C(O)CC(OC)C(=O)N[C@H](C(=C)NCc2ccccc2)C(C)C)cc(N(C)SC)c1. The summed E-state index contributed by atoms with van der Waals surface area (Å²) >= 11 is 1.54. The molecule has 0 aliphatic carbocycles. The molecule has 4 atom stereocenters. The van der Waals surface area contributed by atoms with Crippen molar-refractivity contribution in [3.63, 3.8) is 0 Å². The molecule has 8 nitrogen and oxygen atoms in total. The van der Waals surface area contributed by atoms with Crippen molar-refractivity contribution in [3.05, 3.63) is 90.2 Å². The summed E-state index contributed by atoms with van der Waals surface area (Å²) in [6.07, 6.45) is 2.98. The Balaban J connectivity index is 2.07. The summed E-state index contributed by atoms with van der Waals surface area (Å²) in [5.41, 5.74) is 4.17. The van der Waals surface area contributed by atoms with Gasteiger partial charge >= 0.3 is 0 Å². The summed E-state index contributed by atoms with van der Waals surface area (Å²) in [5.74, 6) is -0.565. The maximum Gasteiger partial charge on any atom is 0.251 e. The smallest absolute Gasteiger partial charge is 0.251 e. The number of hydrogen-bond acceptors (Lipinski definition) is 7. The molecule has 2 amide bonds. The van der Waals surface area contributed by atoms with Gasteiger partial charge in [-0.25, -0.2) is 0 Å². The van der Waals surface area contributed by atoms with Crippen molar-refractivity contribution in [3.8, 4) is 0 Å². The molecule has 4 N–H and O–H groups in total. The number of nitrogens with one attached hydrogen (secondary N) is 3. The van der Waals surface area contributed by atoms with E-state index in [1.54, 1.807) is 18.0 Å². The average molecular weight is 597 g/mol. The number of ether oxygens (including phenoxy) is 1. The molecule has 0 aromatic heterocycles. The van der Waals surface area contributed by atoms with E-state index in [2.05, 4.69) is 29.1 Å². The molecule has 0 radical (unpaired) electrons. The Morgan fingerprint density at radius 3 is 2.38 bits per heavy atom. The van der Waals surface area contributed by atoms with Gasteiger partial charge in [-0.3, -0.25) is 9.59 Å². The maximum absolute atomic E-state index is 13.3. The van der Waals surface area contributed by atoms with E-state index in [-0.39, 0.29) is 30.2 Å². The zero-order chi connectivity index (χ0) is 31.2. The maximum atomic E-state index is 13.3. The highest BCUT2D eigenvalue weighted by Crippen LogP contribution is 2.23. The first-order valence-electron chi connectivity index (χ1n) is 14.4. The number of hydrogen-bond donors (Lipinski definition) is 4. The van der Waals surface area contributed by atoms with Gasteiger partial charge in [0.15, 0.2) is 0 Å². The zero-order valence-electron chi connectivity index (χ0n) is 25.9. The summed E-state index contributed by atoms with van der Waals surface area (Å²) in [6, 6.07) is 14.7. The molecular weight excluding hydrogens is 548 g/mol. The third-order valence-electron chi connectivity index (χ3n) is 7.21. The van der Waals surface area contributed by atoms with Gasteiger partial charge in [0.2, 0.25) is 5.91 Å². The number of carbonyl (C=O) groups is 2. The number of anilines is 1. The predicted molar refractivity (Wildman–Crippen MR) is 174 cm³/mol. The largest absolute Gasteiger partial charge is 0.391 e. The number of benzene rings is 2. The molecule has 0 heterocycles. The third-order valence-corrected chi connectivity index (χ3v) is 7.97. The van der Waals surface area contributed by atoms with Crippen LogP contribution in [0.1, 0.15) is 55.1 Å². The van der Waals surface area contributed by atoms with Crippen molar-refractivity contribution in [1.82, 2.24) is 16.0 Å². The number of aliphatic hydroxyl groups excluding tert-OH is 1. The van der Waals surface area contributed by atoms with Crippen molar-refractivity contribution in [2.75, 3.05) is 24.7 Å². The van der Waals surface area contributed by atoms with Crippen LogP contribution in [0.25, 0.3) is 0 Å². The minimum atomic E-state index is -1.00. The lowest BCUT2D eigenvalue weighted by atomic mass is 9.98. The van der Waals surface area contributed by atoms with Crippen molar-refractivity contribution >= 4 is 29.4 Å². The zero-order valence-corrected chi connectivity index (χ0v) is 26.7. The molecule has 2 rings (SSSR count). The van der Waals surface area contributed by atoms with Crippen LogP contribution in [0.5, 0.6) is 0 Å². The first-order valence-corrected chi connectivity index (χ1v) is 15.5. The fourth-order valence-corrected chi connectivity index (χ4v) is 4.93. The van der Waals surface area contributed by atoms with Crippen LogP contribution in [0.4, 0.5) is 5.69 Å². The molecule has 0 bridgehead atoms. The van der Waals surface area contributed by atoms with E-state index < -0.39 is 18.2 Å². The highest BCUT2D eigenvalue weighted by atomic mass is 32.2. The third kappa shape index (κ3) is 10.5.